The summed E-state index contributed by atoms with van der Waals surface area (Å²) in [7, 11) is 0. The van der Waals surface area contributed by atoms with Crippen LogP contribution in [0.1, 0.15) is 19.4 Å². The summed E-state index contributed by atoms with van der Waals surface area (Å²) in [5.41, 5.74) is 2.14. The summed E-state index contributed by atoms with van der Waals surface area (Å²) in [5, 5.41) is 35.5. The molecule has 0 aliphatic carbocycles. The Kier molecular flexibility index (Phi) is 5.09. The second-order valence-corrected chi connectivity index (χ2v) is 6.76. The molecule has 26 heavy (non-hydrogen) atoms. The second-order valence-electron chi connectivity index (χ2n) is 5.92. The number of nitrogens with zero attached hydrogens (tertiary/aromatic N) is 3. The fourth-order valence-corrected chi connectivity index (χ4v) is 3.31. The maximum Gasteiger partial charge on any atom is 0.206 e. The summed E-state index contributed by atoms with van der Waals surface area (Å²) in [6, 6.07) is 12.7. The highest BCUT2D eigenvalue weighted by Crippen LogP contribution is 2.36. The summed E-state index contributed by atoms with van der Waals surface area (Å²) in [6.07, 6.45) is 1.42. The van der Waals surface area contributed by atoms with Crippen molar-refractivity contribution in [2.75, 3.05) is 0 Å². The second kappa shape index (κ2) is 7.45. The zero-order valence-electron chi connectivity index (χ0n) is 14.4. The van der Waals surface area contributed by atoms with Gasteiger partial charge in [-0.1, -0.05) is 30.3 Å². The van der Waals surface area contributed by atoms with Crippen LogP contribution in [0.15, 0.2) is 57.9 Å². The van der Waals surface area contributed by atoms with Crippen LogP contribution in [0.2, 0.25) is 0 Å². The molecule has 0 fully saturated rings. The first kappa shape index (κ1) is 17.8. The summed E-state index contributed by atoms with van der Waals surface area (Å²) < 4.78 is 1.70. The Labute approximate surface area is 154 Å². The lowest BCUT2D eigenvalue weighted by Crippen LogP contribution is -2.14. The Morgan fingerprint density at radius 1 is 1.00 bits per heavy atom. The van der Waals surface area contributed by atoms with E-state index in [4.69, 9.17) is 0 Å². The van der Waals surface area contributed by atoms with E-state index in [1.807, 2.05) is 49.6 Å². The maximum absolute atomic E-state index is 9.98. The predicted octanol–water partition coefficient (Wildman–Crippen LogP) is 3.52. The Hall–Kier alpha value is -3.06. The van der Waals surface area contributed by atoms with E-state index >= 15 is 0 Å². The van der Waals surface area contributed by atoms with Crippen LogP contribution in [0.25, 0.3) is 11.3 Å². The SMILES string of the molecule is CC(C)N=c1scc(-c2ccccc2)n1N=Cc1ccc(O)c(O)c1O. The number of benzene rings is 2. The number of aromatic nitrogens is 1. The monoisotopic (exact) mass is 369 g/mol. The highest BCUT2D eigenvalue weighted by atomic mass is 32.1. The van der Waals surface area contributed by atoms with Crippen molar-refractivity contribution in [3.05, 3.63) is 58.2 Å². The zero-order chi connectivity index (χ0) is 18.7. The van der Waals surface area contributed by atoms with Crippen LogP contribution in [-0.4, -0.2) is 32.3 Å². The topological polar surface area (TPSA) is 90.3 Å². The van der Waals surface area contributed by atoms with Gasteiger partial charge in [-0.15, -0.1) is 11.3 Å². The molecule has 3 rings (SSSR count). The molecule has 0 saturated carbocycles. The van der Waals surface area contributed by atoms with Crippen molar-refractivity contribution >= 4 is 17.6 Å². The molecule has 3 N–H and O–H groups in total. The van der Waals surface area contributed by atoms with E-state index in [9.17, 15) is 15.3 Å². The number of phenols is 3. The van der Waals surface area contributed by atoms with Crippen molar-refractivity contribution in [3.8, 4) is 28.5 Å². The minimum absolute atomic E-state index is 0.102. The first-order chi connectivity index (χ1) is 12.5. The molecule has 0 aliphatic heterocycles. The normalized spacial score (nSPS) is 12.3. The maximum atomic E-state index is 9.98. The third-order valence-electron chi connectivity index (χ3n) is 3.60. The van der Waals surface area contributed by atoms with E-state index in [0.717, 1.165) is 16.1 Å². The highest BCUT2D eigenvalue weighted by Gasteiger charge is 2.11. The van der Waals surface area contributed by atoms with Crippen LogP contribution >= 0.6 is 11.3 Å². The Morgan fingerprint density at radius 2 is 1.73 bits per heavy atom. The van der Waals surface area contributed by atoms with E-state index in [0.29, 0.717) is 0 Å². The van der Waals surface area contributed by atoms with Gasteiger partial charge in [0.1, 0.15) is 0 Å². The molecule has 0 saturated heterocycles. The molecule has 6 nitrogen and oxygen atoms in total. The molecule has 0 unspecified atom stereocenters. The lowest BCUT2D eigenvalue weighted by atomic mass is 10.2. The summed E-state index contributed by atoms with van der Waals surface area (Å²) in [6.45, 7) is 3.97. The lowest BCUT2D eigenvalue weighted by Gasteiger charge is -2.06. The fourth-order valence-electron chi connectivity index (χ4n) is 2.34. The predicted molar refractivity (Wildman–Crippen MR) is 103 cm³/mol. The number of hydrogen-bond acceptors (Lipinski definition) is 6. The third-order valence-corrected chi connectivity index (χ3v) is 4.43. The van der Waals surface area contributed by atoms with Gasteiger partial charge >= 0.3 is 0 Å². The first-order valence-corrected chi connectivity index (χ1v) is 8.93. The summed E-state index contributed by atoms with van der Waals surface area (Å²) in [4.78, 5) is 5.31. The molecule has 2 aromatic carbocycles. The van der Waals surface area contributed by atoms with Gasteiger partial charge in [0.05, 0.1) is 11.9 Å². The van der Waals surface area contributed by atoms with Crippen molar-refractivity contribution in [1.82, 2.24) is 4.68 Å². The summed E-state index contributed by atoms with van der Waals surface area (Å²) in [5.74, 6) is -1.38. The molecule has 1 aromatic heterocycles. The molecule has 0 aliphatic rings. The molecule has 3 aromatic rings. The average molecular weight is 369 g/mol. The van der Waals surface area contributed by atoms with Crippen molar-refractivity contribution in [1.29, 1.82) is 0 Å². The van der Waals surface area contributed by atoms with E-state index in [2.05, 4.69) is 10.1 Å². The number of aromatic hydroxyl groups is 3. The van der Waals surface area contributed by atoms with E-state index in [-0.39, 0.29) is 17.4 Å². The van der Waals surface area contributed by atoms with Gasteiger partial charge < -0.3 is 15.3 Å². The molecule has 1 heterocycles. The van der Waals surface area contributed by atoms with Gasteiger partial charge in [-0.05, 0) is 26.0 Å². The largest absolute Gasteiger partial charge is 0.504 e. The van der Waals surface area contributed by atoms with E-state index in [1.54, 1.807) is 4.68 Å². The molecule has 134 valence electrons. The van der Waals surface area contributed by atoms with Crippen molar-refractivity contribution in [3.63, 3.8) is 0 Å². The minimum Gasteiger partial charge on any atom is -0.504 e. The van der Waals surface area contributed by atoms with Crippen molar-refractivity contribution < 1.29 is 15.3 Å². The molecule has 0 radical (unpaired) electrons. The molecule has 0 amide bonds. The molecule has 0 bridgehead atoms. The van der Waals surface area contributed by atoms with Gasteiger partial charge in [0.15, 0.2) is 11.5 Å². The molecular weight excluding hydrogens is 350 g/mol. The van der Waals surface area contributed by atoms with Crippen LogP contribution in [-0.2, 0) is 0 Å². The summed E-state index contributed by atoms with van der Waals surface area (Å²) >= 11 is 1.47. The van der Waals surface area contributed by atoms with Gasteiger partial charge in [-0.2, -0.15) is 5.10 Å². The van der Waals surface area contributed by atoms with Crippen molar-refractivity contribution in [2.24, 2.45) is 10.1 Å². The van der Waals surface area contributed by atoms with Gasteiger partial charge in [0.2, 0.25) is 10.6 Å². The van der Waals surface area contributed by atoms with E-state index in [1.165, 1.54) is 29.7 Å². The quantitative estimate of drug-likeness (QED) is 0.485. The van der Waals surface area contributed by atoms with Gasteiger partial charge in [-0.25, -0.2) is 4.68 Å². The van der Waals surface area contributed by atoms with Gasteiger partial charge in [-0.3, -0.25) is 4.99 Å². The number of hydrogen-bond donors (Lipinski definition) is 3. The van der Waals surface area contributed by atoms with Crippen LogP contribution < -0.4 is 4.80 Å². The number of rotatable bonds is 4. The molecule has 7 heteroatoms. The highest BCUT2D eigenvalue weighted by molar-refractivity contribution is 7.07. The fraction of sp³-hybridized carbons (Fsp3) is 0.158. The lowest BCUT2D eigenvalue weighted by molar-refractivity contribution is 0.367. The van der Waals surface area contributed by atoms with Crippen LogP contribution in [0.3, 0.4) is 0 Å². The van der Waals surface area contributed by atoms with Crippen molar-refractivity contribution in [2.45, 2.75) is 19.9 Å². The van der Waals surface area contributed by atoms with Crippen LogP contribution in [0.5, 0.6) is 17.2 Å². The van der Waals surface area contributed by atoms with Gasteiger partial charge in [0, 0.05) is 22.5 Å². The average Bonchev–Trinajstić information content (AvgIpc) is 3.02. The standard InChI is InChI=1S/C19H19N3O3S/c1-12(2)21-19-22(15(11-26-19)13-6-4-3-5-7-13)20-10-14-8-9-16(23)18(25)17(14)24/h3-12,23-25H,1-2H3. The van der Waals surface area contributed by atoms with E-state index < -0.39 is 11.5 Å². The zero-order valence-corrected chi connectivity index (χ0v) is 15.2. The molecule has 0 atom stereocenters. The Bertz CT molecular complexity index is 1000. The first-order valence-electron chi connectivity index (χ1n) is 8.05. The van der Waals surface area contributed by atoms with Gasteiger partial charge in [0.25, 0.3) is 0 Å². The third kappa shape index (κ3) is 3.62. The molecular formula is C19H19N3O3S. The Morgan fingerprint density at radius 3 is 2.42 bits per heavy atom. The van der Waals surface area contributed by atoms with Crippen LogP contribution in [0, 0.1) is 0 Å². The molecule has 0 spiro atoms. The van der Waals surface area contributed by atoms with Crippen LogP contribution in [0.4, 0.5) is 0 Å². The number of thiazole rings is 1. The smallest absolute Gasteiger partial charge is 0.206 e. The number of phenolic OH excluding ortho intramolecular Hbond substituents is 3. The minimum atomic E-state index is -0.570. The Balaban J connectivity index is 2.12.